The van der Waals surface area contributed by atoms with Gasteiger partial charge in [0.1, 0.15) is 11.9 Å². The maximum atomic E-state index is 12.8. The lowest BCUT2D eigenvalue weighted by Gasteiger charge is -2.18. The molecule has 1 aromatic carbocycles. The molecule has 0 fully saturated rings. The molecule has 10 heteroatoms. The molecule has 0 N–H and O–H groups in total. The van der Waals surface area contributed by atoms with Crippen LogP contribution in [-0.2, 0) is 40.1 Å². The van der Waals surface area contributed by atoms with E-state index < -0.39 is 14.7 Å². The lowest BCUT2D eigenvalue weighted by atomic mass is 10.0. The molecule has 1 aromatic rings. The molecular weight excluding hydrogens is 402 g/mol. The summed E-state index contributed by atoms with van der Waals surface area (Å²) in [5.41, 5.74) is 0.629. The van der Waals surface area contributed by atoms with Crippen molar-refractivity contribution in [3.05, 3.63) is 46.0 Å². The largest absolute Gasteiger partial charge is 0.335 e. The highest BCUT2D eigenvalue weighted by Crippen LogP contribution is 2.53. The van der Waals surface area contributed by atoms with Crippen LogP contribution in [0.3, 0.4) is 0 Å². The summed E-state index contributed by atoms with van der Waals surface area (Å²) >= 11 is 0. The zero-order chi connectivity index (χ0) is 21.2. The Kier molecular flexibility index (Phi) is 9.01. The molecule has 28 heavy (non-hydrogen) atoms. The molecule has 0 aliphatic heterocycles. The molecule has 0 aromatic heterocycles. The van der Waals surface area contributed by atoms with E-state index in [-0.39, 0.29) is 47.8 Å². The van der Waals surface area contributed by atoms with E-state index in [0.29, 0.717) is 0 Å². The lowest BCUT2D eigenvalue weighted by molar-refractivity contribution is 0.219. The Morgan fingerprint density at radius 2 is 1.32 bits per heavy atom. The Labute approximate surface area is 163 Å². The van der Waals surface area contributed by atoms with E-state index in [1.54, 1.807) is 13.8 Å². The summed E-state index contributed by atoms with van der Waals surface area (Å²) in [6, 6.07) is 6.52. The smallest absolute Gasteiger partial charge is 0.313 e. The Morgan fingerprint density at radius 1 is 0.893 bits per heavy atom. The second-order valence-corrected chi connectivity index (χ2v) is 10.1. The van der Waals surface area contributed by atoms with Crippen molar-refractivity contribution in [3.8, 4) is 12.1 Å². The molecule has 0 bridgehead atoms. The van der Waals surface area contributed by atoms with Gasteiger partial charge in [-0.25, -0.2) is 9.59 Å². The van der Waals surface area contributed by atoms with Gasteiger partial charge in [0.2, 0.25) is 0 Å². The average Bonchev–Trinajstić information content (AvgIpc) is 2.63. The predicted octanol–water partition coefficient (Wildman–Crippen LogP) is 3.75. The van der Waals surface area contributed by atoms with Crippen LogP contribution in [0.4, 0.5) is 0 Å². The van der Waals surface area contributed by atoms with Crippen LogP contribution in [0.2, 0.25) is 0 Å². The van der Waals surface area contributed by atoms with Crippen molar-refractivity contribution in [1.29, 1.82) is 10.5 Å². The van der Waals surface area contributed by atoms with Crippen molar-refractivity contribution in [2.75, 3.05) is 13.2 Å². The summed E-state index contributed by atoms with van der Waals surface area (Å²) in [6.07, 6.45) is -0.545. The number of carbonyl (C=O) groups excluding carboxylic acids is 2. The second-order valence-electron chi connectivity index (χ2n) is 5.50. The van der Waals surface area contributed by atoms with E-state index >= 15 is 0 Å². The maximum absolute atomic E-state index is 12.8. The third-order valence-corrected chi connectivity index (χ3v) is 7.50. The first-order chi connectivity index (χ1) is 13.3. The molecule has 0 heterocycles. The average molecular weight is 420 g/mol. The predicted molar refractivity (Wildman–Crippen MR) is 102 cm³/mol. The van der Waals surface area contributed by atoms with Crippen LogP contribution in [0.25, 0.3) is 0 Å². The molecule has 0 unspecified atom stereocenters. The normalized spacial score (nSPS) is 12.6. The van der Waals surface area contributed by atoms with Gasteiger partial charge in [-0.15, -0.1) is 0 Å². The Bertz CT molecular complexity index is 976. The third kappa shape index (κ3) is 6.28. The van der Waals surface area contributed by atoms with Crippen LogP contribution < -0.4 is 0 Å². The Balaban J connectivity index is 3.48. The number of benzene rings is 1. The van der Waals surface area contributed by atoms with Gasteiger partial charge in [0.25, 0.3) is 0 Å². The molecule has 0 aliphatic rings. The van der Waals surface area contributed by atoms with Gasteiger partial charge in [-0.3, -0.25) is 4.57 Å². The summed E-state index contributed by atoms with van der Waals surface area (Å²) < 4.78 is 35.8. The van der Waals surface area contributed by atoms with Crippen molar-refractivity contribution < 1.29 is 27.8 Å². The number of rotatable bonds is 10. The topological polar surface area (TPSA) is 134 Å². The summed E-state index contributed by atoms with van der Waals surface area (Å²) in [5.74, 6) is 4.21. The second kappa shape index (κ2) is 10.7. The highest BCUT2D eigenvalue weighted by atomic mass is 31.2. The number of hydrogen-bond acceptors (Lipinski definition) is 8. The van der Waals surface area contributed by atoms with Gasteiger partial charge in [0.05, 0.1) is 54.3 Å². The molecule has 146 valence electrons. The first kappa shape index (κ1) is 23.5. The van der Waals surface area contributed by atoms with Gasteiger partial charge in [-0.2, -0.15) is 10.5 Å². The van der Waals surface area contributed by atoms with Crippen LogP contribution in [0, 0.1) is 22.7 Å². The summed E-state index contributed by atoms with van der Waals surface area (Å²) in [5, 5.41) is 18.9. The highest BCUT2D eigenvalue weighted by molar-refractivity contribution is 7.70. The lowest BCUT2D eigenvalue weighted by Crippen LogP contribution is -2.03. The number of hydrogen-bond donors (Lipinski definition) is 0. The fourth-order valence-corrected chi connectivity index (χ4v) is 5.59. The van der Waals surface area contributed by atoms with Crippen molar-refractivity contribution in [3.63, 3.8) is 0 Å². The molecule has 0 radical (unpaired) electrons. The zero-order valence-corrected chi connectivity index (χ0v) is 17.2. The van der Waals surface area contributed by atoms with Crippen LogP contribution in [-0.4, -0.2) is 25.1 Å². The van der Waals surface area contributed by atoms with Crippen molar-refractivity contribution in [2.45, 2.75) is 26.2 Å². The van der Waals surface area contributed by atoms with Crippen LogP contribution in [0.15, 0.2) is 23.8 Å². The first-order valence-corrected chi connectivity index (χ1v) is 11.9. The van der Waals surface area contributed by atoms with Crippen molar-refractivity contribution in [2.24, 2.45) is 0 Å². The summed E-state index contributed by atoms with van der Waals surface area (Å²) in [7, 11) is -7.07. The molecular formula is C18H18N2O6P2. The summed E-state index contributed by atoms with van der Waals surface area (Å²) in [4.78, 5) is 21.2. The van der Waals surface area contributed by atoms with E-state index in [1.165, 1.54) is 24.0 Å². The SMILES string of the molecule is CCOP(=O)(Cc1cc(C#N)c(CP(=O)(C=C=O)C=C=O)cc1C#N)OCC. The Hall–Kier alpha value is -2.52. The summed E-state index contributed by atoms with van der Waals surface area (Å²) in [6.45, 7) is 3.59. The highest BCUT2D eigenvalue weighted by Gasteiger charge is 2.27. The minimum absolute atomic E-state index is 0.0624. The monoisotopic (exact) mass is 420 g/mol. The molecule has 0 saturated carbocycles. The Morgan fingerprint density at radius 3 is 1.68 bits per heavy atom. The van der Waals surface area contributed by atoms with E-state index in [2.05, 4.69) is 0 Å². The van der Waals surface area contributed by atoms with Gasteiger partial charge in [0, 0.05) is 6.16 Å². The maximum Gasteiger partial charge on any atom is 0.335 e. The van der Waals surface area contributed by atoms with E-state index in [4.69, 9.17) is 9.05 Å². The number of nitriles is 2. The first-order valence-electron chi connectivity index (χ1n) is 8.17. The van der Waals surface area contributed by atoms with E-state index in [0.717, 1.165) is 11.6 Å². The molecule has 1 rings (SSSR count). The van der Waals surface area contributed by atoms with Gasteiger partial charge < -0.3 is 13.6 Å². The molecule has 0 spiro atoms. The quantitative estimate of drug-likeness (QED) is 0.413. The van der Waals surface area contributed by atoms with E-state index in [9.17, 15) is 29.2 Å². The van der Waals surface area contributed by atoms with Crippen LogP contribution in [0.1, 0.15) is 36.1 Å². The minimum atomic E-state index is -3.55. The minimum Gasteiger partial charge on any atom is -0.313 e. The standard InChI is InChI=1S/C18H18N2O6P2/c1-3-25-28(24,26-4-2)14-18-10-15(11-19)17(9-16(18)12-20)13-27(23,7-5-21)8-6-22/h7-10H,3-4,13-14H2,1-2H3. The fraction of sp³-hybridized carbons (Fsp3) is 0.333. The molecule has 0 aliphatic carbocycles. The van der Waals surface area contributed by atoms with Crippen LogP contribution in [0.5, 0.6) is 0 Å². The molecule has 8 nitrogen and oxygen atoms in total. The van der Waals surface area contributed by atoms with Crippen molar-refractivity contribution in [1.82, 2.24) is 0 Å². The van der Waals surface area contributed by atoms with Gasteiger partial charge >= 0.3 is 7.60 Å². The van der Waals surface area contributed by atoms with Crippen LogP contribution >= 0.6 is 14.7 Å². The number of nitrogens with zero attached hydrogens (tertiary/aromatic N) is 2. The molecule has 0 amide bonds. The molecule has 0 saturated heterocycles. The van der Waals surface area contributed by atoms with Gasteiger partial charge in [-0.1, -0.05) is 0 Å². The molecule has 0 atom stereocenters. The van der Waals surface area contributed by atoms with Gasteiger partial charge in [0.15, 0.2) is 7.14 Å². The third-order valence-electron chi connectivity index (χ3n) is 3.55. The fourth-order valence-electron chi connectivity index (χ4n) is 2.46. The zero-order valence-electron chi connectivity index (χ0n) is 15.4. The van der Waals surface area contributed by atoms with Crippen molar-refractivity contribution >= 4 is 26.6 Å². The van der Waals surface area contributed by atoms with E-state index in [1.807, 2.05) is 12.1 Å². The van der Waals surface area contributed by atoms with Gasteiger partial charge in [-0.05, 0) is 37.1 Å².